The summed E-state index contributed by atoms with van der Waals surface area (Å²) in [6.07, 6.45) is -4.22. The molecule has 0 aliphatic carbocycles. The molecule has 1 N–H and O–H groups in total. The fourth-order valence-electron chi connectivity index (χ4n) is 1.58. The molecule has 9 heteroatoms. The maximum atomic E-state index is 12.4. The molecule has 0 saturated heterocycles. The van der Waals surface area contributed by atoms with Crippen molar-refractivity contribution in [2.75, 3.05) is 13.2 Å². The molecule has 124 valence electrons. The number of hydrogen-bond acceptors (Lipinski definition) is 4. The summed E-state index contributed by atoms with van der Waals surface area (Å²) in [6, 6.07) is 3.17. The molecule has 0 heterocycles. The van der Waals surface area contributed by atoms with Crippen LogP contribution in [0.2, 0.25) is 0 Å². The lowest BCUT2D eigenvalue weighted by Gasteiger charge is -2.09. The SMILES string of the molecule is CCOC(=O)CCCNS(=O)(=O)c1ccc(C(F)(F)F)cc1. The van der Waals surface area contributed by atoms with E-state index in [9.17, 15) is 26.4 Å². The molecule has 22 heavy (non-hydrogen) atoms. The molecule has 0 fully saturated rings. The molecule has 0 amide bonds. The highest BCUT2D eigenvalue weighted by Gasteiger charge is 2.30. The Balaban J connectivity index is 2.58. The van der Waals surface area contributed by atoms with Crippen molar-refractivity contribution in [2.24, 2.45) is 0 Å². The largest absolute Gasteiger partial charge is 0.466 e. The summed E-state index contributed by atoms with van der Waals surface area (Å²) in [5.74, 6) is -0.434. The molecule has 0 bridgehead atoms. The normalized spacial score (nSPS) is 12.2. The molecule has 0 radical (unpaired) electrons. The van der Waals surface area contributed by atoms with Gasteiger partial charge in [-0.25, -0.2) is 13.1 Å². The molecule has 0 atom stereocenters. The minimum absolute atomic E-state index is 0.0117. The van der Waals surface area contributed by atoms with Gasteiger partial charge in [-0.1, -0.05) is 0 Å². The first kappa shape index (κ1) is 18.4. The highest BCUT2D eigenvalue weighted by molar-refractivity contribution is 7.89. The Kier molecular flexibility index (Phi) is 6.36. The number of halogens is 3. The summed E-state index contributed by atoms with van der Waals surface area (Å²) < 4.78 is 67.8. The minimum atomic E-state index is -4.52. The summed E-state index contributed by atoms with van der Waals surface area (Å²) in [4.78, 5) is 10.8. The standard InChI is InChI=1S/C13H16F3NO4S/c1-2-21-12(18)4-3-9-17-22(19,20)11-7-5-10(6-8-11)13(14,15)16/h5-8,17H,2-4,9H2,1H3. The van der Waals surface area contributed by atoms with Crippen molar-refractivity contribution in [1.82, 2.24) is 4.72 Å². The maximum absolute atomic E-state index is 12.4. The molecule has 1 aromatic carbocycles. The predicted molar refractivity (Wildman–Crippen MR) is 72.5 cm³/mol. The highest BCUT2D eigenvalue weighted by Crippen LogP contribution is 2.29. The summed E-state index contributed by atoms with van der Waals surface area (Å²) >= 11 is 0. The number of nitrogens with one attached hydrogen (secondary N) is 1. The number of carbonyl (C=O) groups is 1. The van der Waals surface area contributed by atoms with Gasteiger partial charge in [0, 0.05) is 13.0 Å². The number of rotatable bonds is 7. The van der Waals surface area contributed by atoms with Gasteiger partial charge in [-0.2, -0.15) is 13.2 Å². The van der Waals surface area contributed by atoms with Crippen LogP contribution in [0.3, 0.4) is 0 Å². The van der Waals surface area contributed by atoms with Gasteiger partial charge in [0.1, 0.15) is 0 Å². The van der Waals surface area contributed by atoms with E-state index in [1.807, 2.05) is 0 Å². The van der Waals surface area contributed by atoms with Crippen molar-refractivity contribution in [1.29, 1.82) is 0 Å². The topological polar surface area (TPSA) is 72.5 Å². The monoisotopic (exact) mass is 339 g/mol. The molecule has 0 aromatic heterocycles. The second kappa shape index (κ2) is 7.59. The number of benzene rings is 1. The molecule has 1 aromatic rings. The van der Waals surface area contributed by atoms with Crippen LogP contribution in [-0.4, -0.2) is 27.5 Å². The minimum Gasteiger partial charge on any atom is -0.466 e. The van der Waals surface area contributed by atoms with E-state index in [0.717, 1.165) is 12.1 Å². The fourth-order valence-corrected chi connectivity index (χ4v) is 2.65. The average molecular weight is 339 g/mol. The van der Waals surface area contributed by atoms with E-state index in [1.165, 1.54) is 0 Å². The number of ether oxygens (including phenoxy) is 1. The average Bonchev–Trinajstić information content (AvgIpc) is 2.43. The van der Waals surface area contributed by atoms with Crippen LogP contribution in [0.5, 0.6) is 0 Å². The van der Waals surface area contributed by atoms with E-state index in [-0.39, 0.29) is 30.9 Å². The van der Waals surface area contributed by atoms with E-state index in [0.29, 0.717) is 12.1 Å². The molecule has 0 saturated carbocycles. The van der Waals surface area contributed by atoms with Crippen molar-refractivity contribution in [3.63, 3.8) is 0 Å². The summed E-state index contributed by atoms with van der Waals surface area (Å²) in [5.41, 5.74) is -0.922. The van der Waals surface area contributed by atoms with Crippen LogP contribution in [0, 0.1) is 0 Å². The first-order valence-electron chi connectivity index (χ1n) is 6.49. The Morgan fingerprint density at radius 2 is 1.82 bits per heavy atom. The van der Waals surface area contributed by atoms with Gasteiger partial charge < -0.3 is 4.74 Å². The van der Waals surface area contributed by atoms with Crippen molar-refractivity contribution < 1.29 is 31.1 Å². The Morgan fingerprint density at radius 1 is 1.23 bits per heavy atom. The lowest BCUT2D eigenvalue weighted by molar-refractivity contribution is -0.143. The van der Waals surface area contributed by atoms with E-state index in [2.05, 4.69) is 9.46 Å². The van der Waals surface area contributed by atoms with Crippen LogP contribution in [0.15, 0.2) is 29.2 Å². The quantitative estimate of drug-likeness (QED) is 0.611. The third kappa shape index (κ3) is 5.64. The van der Waals surface area contributed by atoms with E-state index < -0.39 is 27.7 Å². The second-order valence-electron chi connectivity index (χ2n) is 4.33. The Labute approximate surface area is 126 Å². The first-order valence-corrected chi connectivity index (χ1v) is 7.97. The molecule has 0 aliphatic heterocycles. The third-order valence-electron chi connectivity index (χ3n) is 2.65. The van der Waals surface area contributed by atoms with E-state index in [1.54, 1.807) is 6.92 Å². The molecule has 0 spiro atoms. The van der Waals surface area contributed by atoms with Crippen LogP contribution >= 0.6 is 0 Å². The van der Waals surface area contributed by atoms with Gasteiger partial charge in [-0.15, -0.1) is 0 Å². The zero-order chi connectivity index (χ0) is 16.8. The number of carbonyl (C=O) groups excluding carboxylic acids is 1. The molecular weight excluding hydrogens is 323 g/mol. The smallest absolute Gasteiger partial charge is 0.416 e. The van der Waals surface area contributed by atoms with Gasteiger partial charge in [0.25, 0.3) is 0 Å². The van der Waals surface area contributed by atoms with Gasteiger partial charge in [0.15, 0.2) is 0 Å². The maximum Gasteiger partial charge on any atom is 0.416 e. The van der Waals surface area contributed by atoms with Gasteiger partial charge in [0.2, 0.25) is 10.0 Å². The Bertz CT molecular complexity index is 597. The zero-order valence-electron chi connectivity index (χ0n) is 11.8. The molecular formula is C13H16F3NO4S. The number of sulfonamides is 1. The van der Waals surface area contributed by atoms with Crippen molar-refractivity contribution in [3.8, 4) is 0 Å². The van der Waals surface area contributed by atoms with Crippen molar-refractivity contribution in [3.05, 3.63) is 29.8 Å². The molecule has 1 rings (SSSR count). The van der Waals surface area contributed by atoms with Gasteiger partial charge in [-0.3, -0.25) is 4.79 Å². The highest BCUT2D eigenvalue weighted by atomic mass is 32.2. The van der Waals surface area contributed by atoms with Crippen LogP contribution in [0.1, 0.15) is 25.3 Å². The number of alkyl halides is 3. The van der Waals surface area contributed by atoms with Crippen LogP contribution < -0.4 is 4.72 Å². The Morgan fingerprint density at radius 3 is 2.32 bits per heavy atom. The van der Waals surface area contributed by atoms with Crippen LogP contribution in [0.4, 0.5) is 13.2 Å². The first-order chi connectivity index (χ1) is 10.2. The van der Waals surface area contributed by atoms with Crippen LogP contribution in [0.25, 0.3) is 0 Å². The summed E-state index contributed by atoms with van der Waals surface area (Å²) in [5, 5.41) is 0. The van der Waals surface area contributed by atoms with E-state index >= 15 is 0 Å². The Hall–Kier alpha value is -1.61. The van der Waals surface area contributed by atoms with Crippen LogP contribution in [-0.2, 0) is 25.7 Å². The number of esters is 1. The zero-order valence-corrected chi connectivity index (χ0v) is 12.6. The molecule has 0 aliphatic rings. The van der Waals surface area contributed by atoms with Gasteiger partial charge in [-0.05, 0) is 37.6 Å². The second-order valence-corrected chi connectivity index (χ2v) is 6.10. The summed E-state index contributed by atoms with van der Waals surface area (Å²) in [7, 11) is -3.90. The third-order valence-corrected chi connectivity index (χ3v) is 4.12. The summed E-state index contributed by atoms with van der Waals surface area (Å²) in [6.45, 7) is 1.89. The molecule has 5 nitrogen and oxygen atoms in total. The number of hydrogen-bond donors (Lipinski definition) is 1. The van der Waals surface area contributed by atoms with Crippen molar-refractivity contribution >= 4 is 16.0 Å². The molecule has 0 unspecified atom stereocenters. The lowest BCUT2D eigenvalue weighted by Crippen LogP contribution is -2.25. The van der Waals surface area contributed by atoms with Gasteiger partial charge in [0.05, 0.1) is 17.1 Å². The predicted octanol–water partition coefficient (Wildman–Crippen LogP) is 2.33. The fraction of sp³-hybridized carbons (Fsp3) is 0.462. The lowest BCUT2D eigenvalue weighted by atomic mass is 10.2. The van der Waals surface area contributed by atoms with E-state index in [4.69, 9.17) is 0 Å². The van der Waals surface area contributed by atoms with Crippen molar-refractivity contribution in [2.45, 2.75) is 30.8 Å². The van der Waals surface area contributed by atoms with Gasteiger partial charge >= 0.3 is 12.1 Å².